The van der Waals surface area contributed by atoms with Gasteiger partial charge in [0.1, 0.15) is 0 Å². The summed E-state index contributed by atoms with van der Waals surface area (Å²) in [5.41, 5.74) is 7.26. The zero-order chi connectivity index (χ0) is 13.8. The van der Waals surface area contributed by atoms with Gasteiger partial charge >= 0.3 is 5.97 Å². The summed E-state index contributed by atoms with van der Waals surface area (Å²) in [5.74, 6) is 0.0889. The molecule has 1 fully saturated rings. The molecule has 1 aromatic rings. The third-order valence-corrected chi connectivity index (χ3v) is 3.69. The lowest BCUT2D eigenvalue weighted by Crippen LogP contribution is -2.48. The normalized spacial score (nSPS) is 24.2. The molecule has 0 saturated carbocycles. The van der Waals surface area contributed by atoms with Gasteiger partial charge in [-0.25, -0.2) is 0 Å². The third-order valence-electron chi connectivity index (χ3n) is 3.46. The lowest BCUT2D eigenvalue weighted by atomic mass is 9.88. The molecular formula is C14H19ClN2O2. The average molecular weight is 283 g/mol. The highest BCUT2D eigenvalue weighted by Crippen LogP contribution is 2.28. The lowest BCUT2D eigenvalue weighted by Gasteiger charge is -2.35. The Morgan fingerprint density at radius 2 is 2.32 bits per heavy atom. The van der Waals surface area contributed by atoms with E-state index in [2.05, 4.69) is 6.07 Å². The molecule has 0 amide bonds. The number of carbonyl (C=O) groups excluding carboxylic acids is 1. The van der Waals surface area contributed by atoms with Gasteiger partial charge in [0, 0.05) is 24.2 Å². The lowest BCUT2D eigenvalue weighted by molar-refractivity contribution is -0.142. The molecule has 5 heteroatoms. The zero-order valence-electron chi connectivity index (χ0n) is 11.0. The summed E-state index contributed by atoms with van der Waals surface area (Å²) in [5, 5.41) is 0.733. The van der Waals surface area contributed by atoms with Crippen LogP contribution in [0.5, 0.6) is 0 Å². The number of halogens is 1. The minimum absolute atomic E-state index is 0.0717. The number of esters is 1. The molecule has 0 aromatic heterocycles. The highest BCUT2D eigenvalue weighted by Gasteiger charge is 2.27. The number of ether oxygens (including phenoxy) is 1. The Hall–Kier alpha value is -1.10. The van der Waals surface area contributed by atoms with Crippen LogP contribution in [0.15, 0.2) is 24.3 Å². The van der Waals surface area contributed by atoms with Crippen molar-refractivity contribution in [1.82, 2.24) is 4.90 Å². The summed E-state index contributed by atoms with van der Waals surface area (Å²) in [6.07, 6.45) is 0.915. The standard InChI is InChI=1S/C14H19ClN2O2/c1-19-14(18)9-17-7-11(6-13(16)8-17)10-3-2-4-12(15)5-10/h2-5,11,13H,6-9,16H2,1H3. The monoisotopic (exact) mass is 282 g/mol. The van der Waals surface area contributed by atoms with Crippen molar-refractivity contribution in [3.8, 4) is 0 Å². The minimum Gasteiger partial charge on any atom is -0.468 e. The molecule has 1 aliphatic heterocycles. The van der Waals surface area contributed by atoms with Crippen LogP contribution in [0.3, 0.4) is 0 Å². The van der Waals surface area contributed by atoms with Gasteiger partial charge in [0.2, 0.25) is 0 Å². The maximum atomic E-state index is 11.4. The Bertz CT molecular complexity index is 453. The first-order valence-corrected chi connectivity index (χ1v) is 6.76. The van der Waals surface area contributed by atoms with E-state index in [-0.39, 0.29) is 12.0 Å². The van der Waals surface area contributed by atoms with Gasteiger partial charge in [0.25, 0.3) is 0 Å². The van der Waals surface area contributed by atoms with Gasteiger partial charge in [0.15, 0.2) is 0 Å². The van der Waals surface area contributed by atoms with Crippen LogP contribution in [0, 0.1) is 0 Å². The number of nitrogens with zero attached hydrogens (tertiary/aromatic N) is 1. The van der Waals surface area contributed by atoms with E-state index < -0.39 is 0 Å². The van der Waals surface area contributed by atoms with Crippen LogP contribution in [0.4, 0.5) is 0 Å². The summed E-state index contributed by atoms with van der Waals surface area (Å²) in [6.45, 7) is 1.83. The molecular weight excluding hydrogens is 264 g/mol. The van der Waals surface area contributed by atoms with Crippen LogP contribution in [0.25, 0.3) is 0 Å². The van der Waals surface area contributed by atoms with E-state index in [1.165, 1.54) is 12.7 Å². The smallest absolute Gasteiger partial charge is 0.319 e. The Balaban J connectivity index is 2.07. The Morgan fingerprint density at radius 1 is 1.53 bits per heavy atom. The van der Waals surface area contributed by atoms with Crippen molar-refractivity contribution in [3.05, 3.63) is 34.9 Å². The maximum absolute atomic E-state index is 11.4. The second-order valence-corrected chi connectivity index (χ2v) is 5.45. The Labute approximate surface area is 118 Å². The minimum atomic E-state index is -0.223. The summed E-state index contributed by atoms with van der Waals surface area (Å²) in [6, 6.07) is 7.91. The van der Waals surface area contributed by atoms with Crippen molar-refractivity contribution in [2.75, 3.05) is 26.7 Å². The number of piperidine rings is 1. The highest BCUT2D eigenvalue weighted by atomic mass is 35.5. The zero-order valence-corrected chi connectivity index (χ0v) is 11.8. The summed E-state index contributed by atoms with van der Waals surface area (Å²) in [4.78, 5) is 13.4. The Kier molecular flexibility index (Phi) is 4.80. The van der Waals surface area contributed by atoms with Gasteiger partial charge in [-0.05, 0) is 30.0 Å². The van der Waals surface area contributed by atoms with Crippen LogP contribution in [-0.4, -0.2) is 43.7 Å². The van der Waals surface area contributed by atoms with E-state index in [9.17, 15) is 4.79 Å². The van der Waals surface area contributed by atoms with Gasteiger partial charge in [-0.3, -0.25) is 9.69 Å². The first-order chi connectivity index (χ1) is 9.08. The van der Waals surface area contributed by atoms with Crippen molar-refractivity contribution in [2.45, 2.75) is 18.4 Å². The number of rotatable bonds is 3. The van der Waals surface area contributed by atoms with Crippen LogP contribution in [0.2, 0.25) is 5.02 Å². The average Bonchev–Trinajstić information content (AvgIpc) is 2.38. The van der Waals surface area contributed by atoms with E-state index in [4.69, 9.17) is 22.1 Å². The van der Waals surface area contributed by atoms with E-state index in [1.54, 1.807) is 0 Å². The van der Waals surface area contributed by atoms with Gasteiger partial charge < -0.3 is 10.5 Å². The number of benzene rings is 1. The predicted molar refractivity (Wildman–Crippen MR) is 75.2 cm³/mol. The van der Waals surface area contributed by atoms with E-state index in [1.807, 2.05) is 23.1 Å². The molecule has 2 unspecified atom stereocenters. The number of hydrogen-bond donors (Lipinski definition) is 1. The molecule has 1 aromatic carbocycles. The molecule has 0 aliphatic carbocycles. The molecule has 19 heavy (non-hydrogen) atoms. The fourth-order valence-electron chi connectivity index (χ4n) is 2.61. The quantitative estimate of drug-likeness (QED) is 0.856. The molecule has 1 aliphatic rings. The van der Waals surface area contributed by atoms with Crippen molar-refractivity contribution in [1.29, 1.82) is 0 Å². The molecule has 1 heterocycles. The number of likely N-dealkylation sites (tertiary alicyclic amines) is 1. The molecule has 4 nitrogen and oxygen atoms in total. The SMILES string of the molecule is COC(=O)CN1CC(N)CC(c2cccc(Cl)c2)C1. The first kappa shape index (κ1) is 14.3. The molecule has 0 bridgehead atoms. The molecule has 2 atom stereocenters. The second-order valence-electron chi connectivity index (χ2n) is 5.02. The van der Waals surface area contributed by atoms with Crippen LogP contribution >= 0.6 is 11.6 Å². The van der Waals surface area contributed by atoms with Crippen LogP contribution < -0.4 is 5.73 Å². The van der Waals surface area contributed by atoms with Crippen LogP contribution in [0.1, 0.15) is 17.9 Å². The fraction of sp³-hybridized carbons (Fsp3) is 0.500. The summed E-state index contributed by atoms with van der Waals surface area (Å²) in [7, 11) is 1.40. The summed E-state index contributed by atoms with van der Waals surface area (Å²) < 4.78 is 4.71. The number of nitrogens with two attached hydrogens (primary N) is 1. The first-order valence-electron chi connectivity index (χ1n) is 6.38. The van der Waals surface area contributed by atoms with Gasteiger partial charge in [-0.2, -0.15) is 0 Å². The van der Waals surface area contributed by atoms with Crippen molar-refractivity contribution < 1.29 is 9.53 Å². The molecule has 104 valence electrons. The Morgan fingerprint density at radius 3 is 3.00 bits per heavy atom. The maximum Gasteiger partial charge on any atom is 0.319 e. The van der Waals surface area contributed by atoms with Gasteiger partial charge in [-0.15, -0.1) is 0 Å². The van der Waals surface area contributed by atoms with Gasteiger partial charge in [0.05, 0.1) is 13.7 Å². The number of hydrogen-bond acceptors (Lipinski definition) is 4. The molecule has 1 saturated heterocycles. The largest absolute Gasteiger partial charge is 0.468 e. The molecule has 2 rings (SSSR count). The fourth-order valence-corrected chi connectivity index (χ4v) is 2.81. The molecule has 2 N–H and O–H groups in total. The highest BCUT2D eigenvalue weighted by molar-refractivity contribution is 6.30. The van der Waals surface area contributed by atoms with Crippen molar-refractivity contribution >= 4 is 17.6 Å². The van der Waals surface area contributed by atoms with Crippen LogP contribution in [-0.2, 0) is 9.53 Å². The third kappa shape index (κ3) is 3.93. The predicted octanol–water partition coefficient (Wildman–Crippen LogP) is 1.63. The topological polar surface area (TPSA) is 55.6 Å². The second kappa shape index (κ2) is 6.37. The molecule has 0 radical (unpaired) electrons. The summed E-state index contributed by atoms with van der Waals surface area (Å²) >= 11 is 6.02. The van der Waals surface area contributed by atoms with E-state index in [0.717, 1.165) is 24.5 Å². The number of methoxy groups -OCH3 is 1. The van der Waals surface area contributed by atoms with Gasteiger partial charge in [-0.1, -0.05) is 23.7 Å². The van der Waals surface area contributed by atoms with Crippen molar-refractivity contribution in [3.63, 3.8) is 0 Å². The van der Waals surface area contributed by atoms with E-state index >= 15 is 0 Å². The molecule has 0 spiro atoms. The number of carbonyl (C=O) groups is 1. The van der Waals surface area contributed by atoms with Crippen molar-refractivity contribution in [2.24, 2.45) is 5.73 Å². The van der Waals surface area contributed by atoms with E-state index in [0.29, 0.717) is 12.5 Å².